The zero-order chi connectivity index (χ0) is 13.9. The molecule has 4 atom stereocenters. The normalized spacial score (nSPS) is 28.6. The zero-order valence-corrected chi connectivity index (χ0v) is 14.4. The van der Waals surface area contributed by atoms with Crippen LogP contribution in [-0.2, 0) is 6.42 Å². The lowest BCUT2D eigenvalue weighted by Gasteiger charge is -2.13. The van der Waals surface area contributed by atoms with Crippen LogP contribution in [0.1, 0.15) is 38.6 Å². The minimum absolute atomic E-state index is 0.157. The molecule has 0 nitrogen and oxygen atoms in total. The number of aryl methyl sites for hydroxylation is 2. The fourth-order valence-corrected chi connectivity index (χ4v) is 6.54. The summed E-state index contributed by atoms with van der Waals surface area (Å²) in [7, 11) is 0. The molecule has 0 bridgehead atoms. The van der Waals surface area contributed by atoms with Crippen LogP contribution < -0.4 is 0 Å². The van der Waals surface area contributed by atoms with Crippen LogP contribution in [0.3, 0.4) is 0 Å². The van der Waals surface area contributed by atoms with Gasteiger partial charge in [0.2, 0.25) is 0 Å². The molecule has 0 saturated heterocycles. The molecule has 2 aliphatic rings. The fraction of sp³-hybridized carbons (Fsp3) is 0.412. The molecule has 1 aromatic heterocycles. The highest BCUT2D eigenvalue weighted by Crippen LogP contribution is 2.66. The van der Waals surface area contributed by atoms with Crippen molar-refractivity contribution < 1.29 is 0 Å². The van der Waals surface area contributed by atoms with Crippen molar-refractivity contribution in [2.45, 2.75) is 31.1 Å². The minimum Gasteiger partial charge on any atom is -0.143 e. The first-order valence-electron chi connectivity index (χ1n) is 7.14. The quantitative estimate of drug-likeness (QED) is 0.565. The summed E-state index contributed by atoms with van der Waals surface area (Å²) in [5, 5.41) is 0.157. The number of fused-ring (bicyclic) bond motifs is 3. The van der Waals surface area contributed by atoms with Gasteiger partial charge in [-0.05, 0) is 70.6 Å². The molecule has 1 aromatic carbocycles. The second kappa shape index (κ2) is 4.86. The van der Waals surface area contributed by atoms with Gasteiger partial charge in [0.1, 0.15) is 0 Å². The van der Waals surface area contributed by atoms with E-state index in [1.165, 1.54) is 27.1 Å². The maximum absolute atomic E-state index is 6.84. The van der Waals surface area contributed by atoms with Gasteiger partial charge in [0.05, 0.1) is 5.38 Å². The molecule has 3 heteroatoms. The first-order chi connectivity index (χ1) is 9.66. The maximum Gasteiger partial charge on any atom is 0.0726 e. The molecule has 0 radical (unpaired) electrons. The van der Waals surface area contributed by atoms with Crippen LogP contribution in [0.4, 0.5) is 0 Å². The van der Waals surface area contributed by atoms with Crippen molar-refractivity contribution >= 4 is 38.9 Å². The SMILES string of the molecule is Cc1cc(Br)c(C(Cl)C2C3CCc4ccccc4C32)s1. The van der Waals surface area contributed by atoms with E-state index in [1.807, 2.05) is 11.3 Å². The van der Waals surface area contributed by atoms with E-state index in [0.717, 1.165) is 5.92 Å². The molecule has 2 aromatic rings. The highest BCUT2D eigenvalue weighted by molar-refractivity contribution is 9.10. The first-order valence-corrected chi connectivity index (χ1v) is 9.19. The van der Waals surface area contributed by atoms with E-state index in [-0.39, 0.29) is 5.38 Å². The third kappa shape index (κ3) is 2.00. The average Bonchev–Trinajstić information content (AvgIpc) is 3.09. The van der Waals surface area contributed by atoms with Crippen molar-refractivity contribution in [2.75, 3.05) is 0 Å². The van der Waals surface area contributed by atoms with E-state index in [2.05, 4.69) is 53.2 Å². The third-order valence-electron chi connectivity index (χ3n) is 4.82. The van der Waals surface area contributed by atoms with Crippen molar-refractivity contribution in [2.24, 2.45) is 11.8 Å². The van der Waals surface area contributed by atoms with E-state index < -0.39 is 0 Å². The Morgan fingerprint density at radius 1 is 1.35 bits per heavy atom. The molecule has 20 heavy (non-hydrogen) atoms. The molecular formula is C17H16BrClS. The van der Waals surface area contributed by atoms with Gasteiger partial charge in [-0.2, -0.15) is 0 Å². The molecule has 4 unspecified atom stereocenters. The van der Waals surface area contributed by atoms with Gasteiger partial charge in [-0.25, -0.2) is 0 Å². The molecule has 1 saturated carbocycles. The standard InChI is InChI=1S/C17H16BrClS/c1-9-8-13(18)17(20-9)16(19)15-12-7-6-10-4-2-3-5-11(10)14(12)15/h2-5,8,12,14-16H,6-7H2,1H3. The van der Waals surface area contributed by atoms with Crippen LogP contribution in [0.15, 0.2) is 34.8 Å². The predicted octanol–water partition coefficient (Wildman–Crippen LogP) is 6.07. The van der Waals surface area contributed by atoms with Crippen LogP contribution >= 0.6 is 38.9 Å². The van der Waals surface area contributed by atoms with Crippen molar-refractivity contribution in [3.05, 3.63) is 55.7 Å². The monoisotopic (exact) mass is 366 g/mol. The molecular weight excluding hydrogens is 352 g/mol. The molecule has 0 aliphatic heterocycles. The number of thiophene rings is 1. The molecule has 1 heterocycles. The van der Waals surface area contributed by atoms with Crippen LogP contribution in [0.5, 0.6) is 0 Å². The van der Waals surface area contributed by atoms with Crippen molar-refractivity contribution in [1.82, 2.24) is 0 Å². The zero-order valence-electron chi connectivity index (χ0n) is 11.3. The molecule has 4 rings (SSSR count). The highest BCUT2D eigenvalue weighted by Gasteiger charge is 2.56. The van der Waals surface area contributed by atoms with E-state index in [1.54, 1.807) is 11.1 Å². The number of benzene rings is 1. The number of rotatable bonds is 2. The molecule has 0 spiro atoms. The summed E-state index contributed by atoms with van der Waals surface area (Å²) in [4.78, 5) is 2.66. The minimum atomic E-state index is 0.157. The van der Waals surface area contributed by atoms with Crippen molar-refractivity contribution in [1.29, 1.82) is 0 Å². The molecule has 0 N–H and O–H groups in total. The smallest absolute Gasteiger partial charge is 0.0726 e. The van der Waals surface area contributed by atoms with E-state index >= 15 is 0 Å². The Balaban J connectivity index is 1.65. The number of hydrogen-bond acceptors (Lipinski definition) is 1. The Hall–Kier alpha value is -0.310. The summed E-state index contributed by atoms with van der Waals surface area (Å²) in [6.07, 6.45) is 2.53. The Bertz CT molecular complexity index is 663. The van der Waals surface area contributed by atoms with Gasteiger partial charge in [0.15, 0.2) is 0 Å². The third-order valence-corrected chi connectivity index (χ3v) is 7.51. The lowest BCUT2D eigenvalue weighted by atomic mass is 9.92. The van der Waals surface area contributed by atoms with Gasteiger partial charge in [-0.1, -0.05) is 24.3 Å². The van der Waals surface area contributed by atoms with Gasteiger partial charge >= 0.3 is 0 Å². The van der Waals surface area contributed by atoms with Gasteiger partial charge in [0, 0.05) is 14.2 Å². The van der Waals surface area contributed by atoms with E-state index in [9.17, 15) is 0 Å². The lowest BCUT2D eigenvalue weighted by molar-refractivity contribution is 0.624. The summed E-state index contributed by atoms with van der Waals surface area (Å²) < 4.78 is 1.19. The Labute approximate surface area is 137 Å². The number of halogens is 2. The van der Waals surface area contributed by atoms with E-state index in [0.29, 0.717) is 11.8 Å². The van der Waals surface area contributed by atoms with Crippen LogP contribution in [0, 0.1) is 18.8 Å². The van der Waals surface area contributed by atoms with E-state index in [4.69, 9.17) is 11.6 Å². The largest absolute Gasteiger partial charge is 0.143 e. The fourth-order valence-electron chi connectivity index (χ4n) is 3.88. The summed E-state index contributed by atoms with van der Waals surface area (Å²) in [6.45, 7) is 2.15. The summed E-state index contributed by atoms with van der Waals surface area (Å²) in [5.41, 5.74) is 3.10. The molecule has 0 amide bonds. The van der Waals surface area contributed by atoms with Crippen molar-refractivity contribution in [3.63, 3.8) is 0 Å². The first kappa shape index (κ1) is 13.4. The summed E-state index contributed by atoms with van der Waals surface area (Å²) >= 11 is 12.4. The number of alkyl halides is 1. The van der Waals surface area contributed by atoms with Crippen LogP contribution in [0.25, 0.3) is 0 Å². The predicted molar refractivity (Wildman–Crippen MR) is 89.8 cm³/mol. The second-order valence-electron chi connectivity index (χ2n) is 5.98. The maximum atomic E-state index is 6.84. The second-order valence-corrected chi connectivity index (χ2v) is 8.59. The van der Waals surface area contributed by atoms with Crippen molar-refractivity contribution in [3.8, 4) is 0 Å². The van der Waals surface area contributed by atoms with Gasteiger partial charge in [0.25, 0.3) is 0 Å². The lowest BCUT2D eigenvalue weighted by Crippen LogP contribution is -2.00. The Kier molecular flexibility index (Phi) is 3.25. The van der Waals surface area contributed by atoms with Crippen LogP contribution in [0.2, 0.25) is 0 Å². The van der Waals surface area contributed by atoms with Gasteiger partial charge in [-0.3, -0.25) is 0 Å². The molecule has 104 valence electrons. The summed E-state index contributed by atoms with van der Waals surface area (Å²) in [6, 6.07) is 11.1. The number of hydrogen-bond donors (Lipinski definition) is 0. The topological polar surface area (TPSA) is 0 Å². The van der Waals surface area contributed by atoms with Gasteiger partial charge in [-0.15, -0.1) is 22.9 Å². The highest BCUT2D eigenvalue weighted by atomic mass is 79.9. The van der Waals surface area contributed by atoms with Crippen LogP contribution in [-0.4, -0.2) is 0 Å². The Morgan fingerprint density at radius 3 is 2.90 bits per heavy atom. The van der Waals surface area contributed by atoms with Gasteiger partial charge < -0.3 is 0 Å². The average molecular weight is 368 g/mol. The molecule has 2 aliphatic carbocycles. The molecule has 1 fully saturated rings. The summed E-state index contributed by atoms with van der Waals surface area (Å²) in [5.74, 6) is 2.10. The Morgan fingerprint density at radius 2 is 2.15 bits per heavy atom.